The number of amides is 1. The Balaban J connectivity index is 1.59. The lowest BCUT2D eigenvalue weighted by Gasteiger charge is -2.27. The third-order valence-electron chi connectivity index (χ3n) is 4.10. The van der Waals surface area contributed by atoms with Gasteiger partial charge in [-0.05, 0) is 32.6 Å². The van der Waals surface area contributed by atoms with Crippen LogP contribution >= 0.6 is 0 Å². The number of imidazole rings is 1. The fourth-order valence-electron chi connectivity index (χ4n) is 3.05. The summed E-state index contributed by atoms with van der Waals surface area (Å²) in [7, 11) is 0. The average Bonchev–Trinajstić information content (AvgIpc) is 2.79. The fourth-order valence-corrected chi connectivity index (χ4v) is 3.05. The van der Waals surface area contributed by atoms with E-state index in [-0.39, 0.29) is 17.9 Å². The zero-order chi connectivity index (χ0) is 13.2. The lowest BCUT2D eigenvalue weighted by Crippen LogP contribution is -2.43. The molecular formula is C15H21N3O. The van der Waals surface area contributed by atoms with Gasteiger partial charge in [0.2, 0.25) is 5.91 Å². The number of aromatic nitrogens is 2. The number of nitrogens with zero attached hydrogens (tertiary/aromatic N) is 2. The molecule has 2 atom stereocenters. The van der Waals surface area contributed by atoms with Crippen LogP contribution in [0.5, 0.6) is 0 Å². The van der Waals surface area contributed by atoms with Crippen LogP contribution in [-0.2, 0) is 17.8 Å². The third-order valence-corrected chi connectivity index (χ3v) is 4.10. The van der Waals surface area contributed by atoms with Gasteiger partial charge in [-0.15, -0.1) is 0 Å². The van der Waals surface area contributed by atoms with Gasteiger partial charge in [0.05, 0.1) is 5.69 Å². The summed E-state index contributed by atoms with van der Waals surface area (Å²) < 4.78 is 2.19. The number of carbonyl (C=O) groups excluding carboxylic acids is 1. The smallest absolute Gasteiger partial charge is 0.223 e. The maximum absolute atomic E-state index is 12.2. The first-order valence-electron chi connectivity index (χ1n) is 7.20. The molecular weight excluding hydrogens is 238 g/mol. The Labute approximate surface area is 113 Å². The van der Waals surface area contributed by atoms with E-state index in [0.717, 1.165) is 50.2 Å². The van der Waals surface area contributed by atoms with Crippen molar-refractivity contribution in [2.75, 3.05) is 0 Å². The Morgan fingerprint density at radius 1 is 1.42 bits per heavy atom. The quantitative estimate of drug-likeness (QED) is 0.826. The van der Waals surface area contributed by atoms with Crippen LogP contribution < -0.4 is 5.32 Å². The zero-order valence-corrected chi connectivity index (χ0v) is 11.4. The molecule has 3 rings (SSSR count). The highest BCUT2D eigenvalue weighted by Crippen LogP contribution is 2.20. The van der Waals surface area contributed by atoms with Crippen molar-refractivity contribution >= 4 is 5.91 Å². The van der Waals surface area contributed by atoms with E-state index in [1.165, 1.54) is 0 Å². The van der Waals surface area contributed by atoms with Crippen LogP contribution in [0.3, 0.4) is 0 Å². The summed E-state index contributed by atoms with van der Waals surface area (Å²) in [6.07, 6.45) is 11.3. The lowest BCUT2D eigenvalue weighted by atomic mass is 9.93. The normalized spacial score (nSPS) is 25.9. The first-order valence-corrected chi connectivity index (χ1v) is 7.20. The first kappa shape index (κ1) is 12.5. The van der Waals surface area contributed by atoms with E-state index >= 15 is 0 Å². The number of allylic oxidation sites excluding steroid dienone is 2. The number of fused-ring (bicyclic) bond motifs is 1. The molecule has 0 saturated carbocycles. The molecule has 1 aromatic rings. The molecule has 0 saturated heterocycles. The van der Waals surface area contributed by atoms with Crippen molar-refractivity contribution in [2.45, 2.75) is 51.6 Å². The predicted molar refractivity (Wildman–Crippen MR) is 73.7 cm³/mol. The van der Waals surface area contributed by atoms with Crippen molar-refractivity contribution in [3.05, 3.63) is 29.9 Å². The topological polar surface area (TPSA) is 46.9 Å². The van der Waals surface area contributed by atoms with E-state index in [9.17, 15) is 4.79 Å². The summed E-state index contributed by atoms with van der Waals surface area (Å²) in [5.74, 6) is 1.56. The Kier molecular flexibility index (Phi) is 3.40. The average molecular weight is 259 g/mol. The summed E-state index contributed by atoms with van der Waals surface area (Å²) >= 11 is 0. The standard InChI is InChI=1S/C15H21N3O/c1-11-9-18-10-13(7-8-14(18)16-11)17-15(19)12-5-3-2-4-6-12/h2-3,9,12-13H,4-8,10H2,1H3,(H,17,19)/t12-,13+/m1/s1. The highest BCUT2D eigenvalue weighted by molar-refractivity contribution is 5.79. The molecule has 2 heterocycles. The zero-order valence-electron chi connectivity index (χ0n) is 11.4. The van der Waals surface area contributed by atoms with Crippen LogP contribution in [0.25, 0.3) is 0 Å². The fraction of sp³-hybridized carbons (Fsp3) is 0.600. The van der Waals surface area contributed by atoms with Gasteiger partial charge < -0.3 is 9.88 Å². The highest BCUT2D eigenvalue weighted by atomic mass is 16.1. The third kappa shape index (κ3) is 2.72. The summed E-state index contributed by atoms with van der Waals surface area (Å²) in [4.78, 5) is 16.7. The minimum Gasteiger partial charge on any atom is -0.351 e. The first-order chi connectivity index (χ1) is 9.22. The molecule has 102 valence electrons. The van der Waals surface area contributed by atoms with Crippen LogP contribution in [0.4, 0.5) is 0 Å². The molecule has 1 amide bonds. The minimum atomic E-state index is 0.177. The molecule has 1 aliphatic carbocycles. The van der Waals surface area contributed by atoms with Gasteiger partial charge in [0.1, 0.15) is 5.82 Å². The van der Waals surface area contributed by atoms with Crippen molar-refractivity contribution in [3.63, 3.8) is 0 Å². The monoisotopic (exact) mass is 259 g/mol. The van der Waals surface area contributed by atoms with Crippen LogP contribution in [-0.4, -0.2) is 21.5 Å². The van der Waals surface area contributed by atoms with Gasteiger partial charge >= 0.3 is 0 Å². The number of aryl methyl sites for hydroxylation is 2. The molecule has 0 unspecified atom stereocenters. The molecule has 0 radical (unpaired) electrons. The van der Waals surface area contributed by atoms with Crippen molar-refractivity contribution in [1.29, 1.82) is 0 Å². The van der Waals surface area contributed by atoms with Crippen molar-refractivity contribution in [2.24, 2.45) is 5.92 Å². The molecule has 4 nitrogen and oxygen atoms in total. The summed E-state index contributed by atoms with van der Waals surface area (Å²) in [5.41, 5.74) is 1.07. The minimum absolute atomic E-state index is 0.177. The van der Waals surface area contributed by atoms with E-state index in [4.69, 9.17) is 0 Å². The molecule has 1 N–H and O–H groups in total. The van der Waals surface area contributed by atoms with E-state index in [1.54, 1.807) is 0 Å². The Morgan fingerprint density at radius 3 is 3.11 bits per heavy atom. The van der Waals surface area contributed by atoms with Gasteiger partial charge in [-0.1, -0.05) is 12.2 Å². The predicted octanol–water partition coefficient (Wildman–Crippen LogP) is 1.98. The molecule has 4 heteroatoms. The van der Waals surface area contributed by atoms with Gasteiger partial charge in [-0.3, -0.25) is 4.79 Å². The van der Waals surface area contributed by atoms with Crippen molar-refractivity contribution in [3.8, 4) is 0 Å². The van der Waals surface area contributed by atoms with E-state index in [2.05, 4.69) is 33.2 Å². The molecule has 0 bridgehead atoms. The van der Waals surface area contributed by atoms with Crippen LogP contribution in [0.2, 0.25) is 0 Å². The second-order valence-electron chi connectivity index (χ2n) is 5.68. The van der Waals surface area contributed by atoms with Crippen molar-refractivity contribution in [1.82, 2.24) is 14.9 Å². The molecule has 0 spiro atoms. The van der Waals surface area contributed by atoms with Crippen molar-refractivity contribution < 1.29 is 4.79 Å². The van der Waals surface area contributed by atoms with Gasteiger partial charge in [-0.25, -0.2) is 4.98 Å². The van der Waals surface area contributed by atoms with Gasteiger partial charge in [-0.2, -0.15) is 0 Å². The summed E-state index contributed by atoms with van der Waals surface area (Å²) in [5, 5.41) is 3.22. The molecule has 2 aliphatic rings. The van der Waals surface area contributed by atoms with Gasteiger partial charge in [0, 0.05) is 31.1 Å². The SMILES string of the molecule is Cc1cn2c(n1)CC[C@H](NC(=O)[C@@H]1CC=CCC1)C2. The second-order valence-corrected chi connectivity index (χ2v) is 5.68. The van der Waals surface area contributed by atoms with E-state index in [1.807, 2.05) is 6.92 Å². The second kappa shape index (κ2) is 5.19. The molecule has 19 heavy (non-hydrogen) atoms. The number of hydrogen-bond acceptors (Lipinski definition) is 2. The van der Waals surface area contributed by atoms with E-state index < -0.39 is 0 Å². The Morgan fingerprint density at radius 2 is 2.32 bits per heavy atom. The molecule has 0 aromatic carbocycles. The Hall–Kier alpha value is -1.58. The van der Waals surface area contributed by atoms with Gasteiger partial charge in [0.15, 0.2) is 0 Å². The Bertz CT molecular complexity index is 503. The van der Waals surface area contributed by atoms with Gasteiger partial charge in [0.25, 0.3) is 0 Å². The maximum atomic E-state index is 12.2. The lowest BCUT2D eigenvalue weighted by molar-refractivity contribution is -0.126. The number of carbonyl (C=O) groups is 1. The van der Waals surface area contributed by atoms with Crippen LogP contribution in [0.15, 0.2) is 18.3 Å². The molecule has 0 fully saturated rings. The van der Waals surface area contributed by atoms with E-state index in [0.29, 0.717) is 0 Å². The number of hydrogen-bond donors (Lipinski definition) is 1. The van der Waals surface area contributed by atoms with Crippen LogP contribution in [0, 0.1) is 12.8 Å². The summed E-state index contributed by atoms with van der Waals surface area (Å²) in [6, 6.07) is 0.263. The number of rotatable bonds is 2. The highest BCUT2D eigenvalue weighted by Gasteiger charge is 2.25. The van der Waals surface area contributed by atoms with Crippen LogP contribution in [0.1, 0.15) is 37.2 Å². The maximum Gasteiger partial charge on any atom is 0.223 e. The largest absolute Gasteiger partial charge is 0.351 e. The summed E-state index contributed by atoms with van der Waals surface area (Å²) in [6.45, 7) is 2.89. The number of nitrogens with one attached hydrogen (secondary N) is 1. The molecule has 1 aromatic heterocycles. The molecule has 1 aliphatic heterocycles.